The molecule has 0 aliphatic heterocycles. The van der Waals surface area contributed by atoms with Gasteiger partial charge in [-0.15, -0.1) is 0 Å². The Balaban J connectivity index is 2.28. The van der Waals surface area contributed by atoms with Gasteiger partial charge in [-0.2, -0.15) is 0 Å². The van der Waals surface area contributed by atoms with E-state index in [0.717, 1.165) is 5.57 Å². The molecule has 1 aliphatic carbocycles. The highest BCUT2D eigenvalue weighted by Crippen LogP contribution is 2.35. The average molecular weight is 300 g/mol. The summed E-state index contributed by atoms with van der Waals surface area (Å²) in [6, 6.07) is 8.69. The van der Waals surface area contributed by atoms with Crippen LogP contribution in [0.3, 0.4) is 0 Å². The van der Waals surface area contributed by atoms with Gasteiger partial charge in [0.2, 0.25) is 0 Å². The van der Waals surface area contributed by atoms with Gasteiger partial charge in [-0.1, -0.05) is 57.4 Å². The summed E-state index contributed by atoms with van der Waals surface area (Å²) in [7, 11) is 0. The van der Waals surface area contributed by atoms with Gasteiger partial charge in [0.1, 0.15) is 0 Å². The first-order valence-corrected chi connectivity index (χ1v) is 8.60. The van der Waals surface area contributed by atoms with E-state index in [2.05, 4.69) is 38.1 Å². The van der Waals surface area contributed by atoms with Crippen LogP contribution in [0.5, 0.6) is 0 Å². The van der Waals surface area contributed by atoms with Gasteiger partial charge in [-0.3, -0.25) is 0 Å². The van der Waals surface area contributed by atoms with Crippen LogP contribution >= 0.6 is 0 Å². The summed E-state index contributed by atoms with van der Waals surface area (Å²) in [6.45, 7) is 6.68. The number of ether oxygens (including phenoxy) is 1. The molecule has 0 atom stereocenters. The summed E-state index contributed by atoms with van der Waals surface area (Å²) in [5.74, 6) is 0.806. The molecule has 2 nitrogen and oxygen atoms in total. The molecule has 0 spiro atoms. The molecular weight excluding hydrogens is 272 g/mol. The van der Waals surface area contributed by atoms with Gasteiger partial charge in [0.05, 0.1) is 6.61 Å². The van der Waals surface area contributed by atoms with Gasteiger partial charge in [0.25, 0.3) is 0 Å². The SMILES string of the molecule is CCOC(=O)C=C(c1ccc(C(C)C)cc1)C1CCCCC1. The van der Waals surface area contributed by atoms with Crippen LogP contribution in [-0.4, -0.2) is 12.6 Å². The van der Waals surface area contributed by atoms with E-state index in [-0.39, 0.29) is 5.97 Å². The molecule has 0 N–H and O–H groups in total. The molecule has 0 aromatic heterocycles. The molecule has 2 heteroatoms. The van der Waals surface area contributed by atoms with E-state index in [1.54, 1.807) is 6.08 Å². The van der Waals surface area contributed by atoms with E-state index in [4.69, 9.17) is 4.74 Å². The number of benzene rings is 1. The lowest BCUT2D eigenvalue weighted by Gasteiger charge is -2.25. The van der Waals surface area contributed by atoms with E-state index in [0.29, 0.717) is 18.4 Å². The first-order chi connectivity index (χ1) is 10.6. The lowest BCUT2D eigenvalue weighted by Crippen LogP contribution is -2.11. The average Bonchev–Trinajstić information content (AvgIpc) is 2.54. The molecule has 2 rings (SSSR count). The Labute approximate surface area is 134 Å². The summed E-state index contributed by atoms with van der Waals surface area (Å²) < 4.78 is 5.13. The van der Waals surface area contributed by atoms with Crippen molar-refractivity contribution in [2.24, 2.45) is 5.92 Å². The number of carbonyl (C=O) groups excluding carboxylic acids is 1. The lowest BCUT2D eigenvalue weighted by atomic mass is 9.80. The molecule has 1 aliphatic rings. The summed E-state index contributed by atoms with van der Waals surface area (Å²) in [5, 5.41) is 0. The van der Waals surface area contributed by atoms with Crippen LogP contribution in [0.1, 0.15) is 69.9 Å². The molecule has 0 radical (unpaired) electrons. The number of hydrogen-bond acceptors (Lipinski definition) is 2. The van der Waals surface area contributed by atoms with Crippen molar-refractivity contribution in [3.05, 3.63) is 41.5 Å². The first kappa shape index (κ1) is 16.8. The summed E-state index contributed by atoms with van der Waals surface area (Å²) >= 11 is 0. The van der Waals surface area contributed by atoms with Gasteiger partial charge in [0, 0.05) is 6.08 Å². The van der Waals surface area contributed by atoms with Crippen LogP contribution in [0.2, 0.25) is 0 Å². The molecule has 0 amide bonds. The topological polar surface area (TPSA) is 26.3 Å². The van der Waals surface area contributed by atoms with Crippen molar-refractivity contribution >= 4 is 11.5 Å². The van der Waals surface area contributed by atoms with Crippen LogP contribution in [0.25, 0.3) is 5.57 Å². The van der Waals surface area contributed by atoms with Crippen LogP contribution in [0, 0.1) is 5.92 Å². The van der Waals surface area contributed by atoms with Crippen molar-refractivity contribution in [2.75, 3.05) is 6.61 Å². The second-order valence-electron chi connectivity index (χ2n) is 6.46. The van der Waals surface area contributed by atoms with Crippen molar-refractivity contribution in [2.45, 2.75) is 58.8 Å². The monoisotopic (exact) mass is 300 g/mol. The standard InChI is InChI=1S/C20H28O2/c1-4-22-20(21)14-19(17-8-6-5-7-9-17)18-12-10-16(11-13-18)15(2)3/h10-15,17H,4-9H2,1-3H3. The Kier molecular flexibility index (Phi) is 6.23. The van der Waals surface area contributed by atoms with Crippen molar-refractivity contribution in [1.82, 2.24) is 0 Å². The summed E-state index contributed by atoms with van der Waals surface area (Å²) in [4.78, 5) is 11.9. The Morgan fingerprint density at radius 2 is 1.82 bits per heavy atom. The zero-order valence-corrected chi connectivity index (χ0v) is 14.1. The molecule has 22 heavy (non-hydrogen) atoms. The molecule has 1 fully saturated rings. The molecule has 0 saturated heterocycles. The number of carbonyl (C=O) groups is 1. The van der Waals surface area contributed by atoms with E-state index in [9.17, 15) is 4.79 Å². The van der Waals surface area contributed by atoms with Gasteiger partial charge in [0.15, 0.2) is 0 Å². The van der Waals surface area contributed by atoms with Crippen molar-refractivity contribution in [3.8, 4) is 0 Å². The zero-order valence-electron chi connectivity index (χ0n) is 14.1. The van der Waals surface area contributed by atoms with Crippen LogP contribution < -0.4 is 0 Å². The minimum absolute atomic E-state index is 0.212. The van der Waals surface area contributed by atoms with E-state index >= 15 is 0 Å². The van der Waals surface area contributed by atoms with Gasteiger partial charge >= 0.3 is 5.97 Å². The van der Waals surface area contributed by atoms with E-state index < -0.39 is 0 Å². The fraction of sp³-hybridized carbons (Fsp3) is 0.550. The number of hydrogen-bond donors (Lipinski definition) is 0. The van der Waals surface area contributed by atoms with Crippen molar-refractivity contribution in [3.63, 3.8) is 0 Å². The maximum absolute atomic E-state index is 11.9. The summed E-state index contributed by atoms with van der Waals surface area (Å²) in [5.41, 5.74) is 3.67. The second kappa shape index (κ2) is 8.17. The molecule has 0 bridgehead atoms. The predicted molar refractivity (Wildman–Crippen MR) is 91.7 cm³/mol. The maximum Gasteiger partial charge on any atom is 0.331 e. The molecule has 0 unspecified atom stereocenters. The third-order valence-corrected chi connectivity index (χ3v) is 4.52. The minimum Gasteiger partial charge on any atom is -0.463 e. The fourth-order valence-electron chi connectivity index (χ4n) is 3.22. The highest BCUT2D eigenvalue weighted by molar-refractivity contribution is 5.92. The quantitative estimate of drug-likeness (QED) is 0.542. The molecular formula is C20H28O2. The van der Waals surface area contributed by atoms with Gasteiger partial charge in [-0.25, -0.2) is 4.79 Å². The number of rotatable bonds is 5. The van der Waals surface area contributed by atoms with E-state index in [1.807, 2.05) is 6.92 Å². The van der Waals surface area contributed by atoms with E-state index in [1.165, 1.54) is 43.2 Å². The zero-order chi connectivity index (χ0) is 15.9. The number of esters is 1. The molecule has 1 aromatic carbocycles. The first-order valence-electron chi connectivity index (χ1n) is 8.60. The number of allylic oxidation sites excluding steroid dienone is 1. The third-order valence-electron chi connectivity index (χ3n) is 4.52. The van der Waals surface area contributed by atoms with Gasteiger partial charge in [-0.05, 0) is 48.3 Å². The van der Waals surface area contributed by atoms with Crippen LogP contribution in [-0.2, 0) is 9.53 Å². The third kappa shape index (κ3) is 4.46. The fourth-order valence-corrected chi connectivity index (χ4v) is 3.22. The molecule has 1 aromatic rings. The van der Waals surface area contributed by atoms with Crippen LogP contribution in [0.4, 0.5) is 0 Å². The maximum atomic E-state index is 11.9. The lowest BCUT2D eigenvalue weighted by molar-refractivity contribution is -0.137. The normalized spacial score (nSPS) is 16.8. The highest BCUT2D eigenvalue weighted by atomic mass is 16.5. The Morgan fingerprint density at radius 1 is 1.18 bits per heavy atom. The minimum atomic E-state index is -0.212. The van der Waals surface area contributed by atoms with Crippen LogP contribution in [0.15, 0.2) is 30.3 Å². The highest BCUT2D eigenvalue weighted by Gasteiger charge is 2.20. The van der Waals surface area contributed by atoms with Crippen molar-refractivity contribution in [1.29, 1.82) is 0 Å². The Bertz CT molecular complexity index is 505. The Hall–Kier alpha value is -1.57. The predicted octanol–water partition coefficient (Wildman–Crippen LogP) is 5.34. The summed E-state index contributed by atoms with van der Waals surface area (Å²) in [6.07, 6.45) is 7.91. The molecule has 0 heterocycles. The van der Waals surface area contributed by atoms with Gasteiger partial charge < -0.3 is 4.74 Å². The van der Waals surface area contributed by atoms with Crippen molar-refractivity contribution < 1.29 is 9.53 Å². The second-order valence-corrected chi connectivity index (χ2v) is 6.46. The Morgan fingerprint density at radius 3 is 2.36 bits per heavy atom. The largest absolute Gasteiger partial charge is 0.463 e. The molecule has 120 valence electrons. The molecule has 1 saturated carbocycles. The smallest absolute Gasteiger partial charge is 0.331 e.